The van der Waals surface area contributed by atoms with Crippen molar-refractivity contribution in [1.82, 2.24) is 15.3 Å². The van der Waals surface area contributed by atoms with Gasteiger partial charge < -0.3 is 10.1 Å². The zero-order chi connectivity index (χ0) is 16.6. The summed E-state index contributed by atoms with van der Waals surface area (Å²) in [6.07, 6.45) is 12.4. The second-order valence-corrected chi connectivity index (χ2v) is 8.03. The maximum atomic E-state index is 11.9. The van der Waals surface area contributed by atoms with Gasteiger partial charge in [0.15, 0.2) is 5.16 Å². The molecular formula is C18H27N3O2S. The van der Waals surface area contributed by atoms with Crippen LogP contribution in [0.3, 0.4) is 0 Å². The normalized spacial score (nSPS) is 21.2. The van der Waals surface area contributed by atoms with E-state index in [0.29, 0.717) is 24.1 Å². The maximum absolute atomic E-state index is 11.9. The van der Waals surface area contributed by atoms with Gasteiger partial charge in [-0.25, -0.2) is 9.97 Å². The van der Waals surface area contributed by atoms with Gasteiger partial charge in [-0.3, -0.25) is 4.79 Å². The van der Waals surface area contributed by atoms with Crippen molar-refractivity contribution in [3.8, 4) is 0 Å². The highest BCUT2D eigenvalue weighted by Crippen LogP contribution is 2.32. The highest BCUT2D eigenvalue weighted by molar-refractivity contribution is 7.99. The summed E-state index contributed by atoms with van der Waals surface area (Å²) < 4.78 is 5.33. The van der Waals surface area contributed by atoms with Gasteiger partial charge in [0.1, 0.15) is 0 Å². The third-order valence-electron chi connectivity index (χ3n) is 4.80. The van der Waals surface area contributed by atoms with Gasteiger partial charge >= 0.3 is 0 Å². The first-order valence-corrected chi connectivity index (χ1v) is 9.99. The minimum absolute atomic E-state index is 0.135. The lowest BCUT2D eigenvalue weighted by Crippen LogP contribution is -2.26. The van der Waals surface area contributed by atoms with Gasteiger partial charge in [-0.1, -0.05) is 24.6 Å². The first-order valence-electron chi connectivity index (χ1n) is 9.11. The summed E-state index contributed by atoms with van der Waals surface area (Å²) in [5, 5.41) is 4.57. The predicted octanol–water partition coefficient (Wildman–Crippen LogP) is 2.99. The Morgan fingerprint density at radius 3 is 2.75 bits per heavy atom. The first-order chi connectivity index (χ1) is 11.8. The number of carbonyl (C=O) groups is 1. The SMILES string of the molecule is O=C(CCC1CCOC1)NCCc1cnc(SC2CCCC2)nc1. The molecule has 3 rings (SSSR count). The molecule has 1 aromatic heterocycles. The fraction of sp³-hybridized carbons (Fsp3) is 0.722. The topological polar surface area (TPSA) is 64.1 Å². The Kier molecular flexibility index (Phi) is 6.90. The summed E-state index contributed by atoms with van der Waals surface area (Å²) >= 11 is 1.81. The molecule has 1 saturated heterocycles. The summed E-state index contributed by atoms with van der Waals surface area (Å²) in [7, 11) is 0. The molecule has 1 atom stereocenters. The van der Waals surface area contributed by atoms with E-state index in [-0.39, 0.29) is 5.91 Å². The van der Waals surface area contributed by atoms with E-state index in [1.54, 1.807) is 11.8 Å². The highest BCUT2D eigenvalue weighted by atomic mass is 32.2. The molecule has 1 aromatic rings. The molecule has 1 aliphatic heterocycles. The average molecular weight is 350 g/mol. The van der Waals surface area contributed by atoms with Crippen molar-refractivity contribution in [3.05, 3.63) is 18.0 Å². The zero-order valence-corrected chi connectivity index (χ0v) is 15.0. The van der Waals surface area contributed by atoms with Crippen molar-refractivity contribution in [2.45, 2.75) is 61.8 Å². The molecule has 0 bridgehead atoms. The molecule has 2 fully saturated rings. The lowest BCUT2D eigenvalue weighted by Gasteiger charge is -2.09. The number of nitrogens with zero attached hydrogens (tertiary/aromatic N) is 2. The van der Waals surface area contributed by atoms with Crippen LogP contribution in [0.15, 0.2) is 17.6 Å². The summed E-state index contributed by atoms with van der Waals surface area (Å²) in [4.78, 5) is 20.8. The molecule has 0 aromatic carbocycles. The number of hydrogen-bond donors (Lipinski definition) is 1. The lowest BCUT2D eigenvalue weighted by molar-refractivity contribution is -0.121. The van der Waals surface area contributed by atoms with Crippen LogP contribution >= 0.6 is 11.8 Å². The van der Waals surface area contributed by atoms with Crippen LogP contribution in [0.1, 0.15) is 50.5 Å². The molecule has 0 radical (unpaired) electrons. The van der Waals surface area contributed by atoms with Crippen molar-refractivity contribution >= 4 is 17.7 Å². The second-order valence-electron chi connectivity index (χ2n) is 6.77. The summed E-state index contributed by atoms with van der Waals surface area (Å²) in [6, 6.07) is 0. The molecule has 1 unspecified atom stereocenters. The number of rotatable bonds is 8. The van der Waals surface area contributed by atoms with Crippen LogP contribution in [-0.2, 0) is 16.0 Å². The Hall–Kier alpha value is -1.14. The van der Waals surface area contributed by atoms with E-state index >= 15 is 0 Å². The molecule has 132 valence electrons. The molecule has 24 heavy (non-hydrogen) atoms. The Bertz CT molecular complexity index is 512. The number of carbonyl (C=O) groups excluding carboxylic acids is 1. The van der Waals surface area contributed by atoms with Crippen molar-refractivity contribution in [3.63, 3.8) is 0 Å². The summed E-state index contributed by atoms with van der Waals surface area (Å²) in [5.74, 6) is 0.699. The van der Waals surface area contributed by atoms with E-state index in [4.69, 9.17) is 4.74 Å². The zero-order valence-electron chi connectivity index (χ0n) is 14.2. The monoisotopic (exact) mass is 349 g/mol. The van der Waals surface area contributed by atoms with Crippen molar-refractivity contribution in [2.24, 2.45) is 5.92 Å². The number of ether oxygens (including phenoxy) is 1. The highest BCUT2D eigenvalue weighted by Gasteiger charge is 2.18. The fourth-order valence-corrected chi connectivity index (χ4v) is 4.36. The molecule has 1 amide bonds. The molecule has 2 heterocycles. The van der Waals surface area contributed by atoms with Crippen LogP contribution in [0.2, 0.25) is 0 Å². The van der Waals surface area contributed by atoms with Gasteiger partial charge in [-0.2, -0.15) is 0 Å². The Morgan fingerprint density at radius 1 is 1.25 bits per heavy atom. The van der Waals surface area contributed by atoms with E-state index in [0.717, 1.165) is 43.2 Å². The van der Waals surface area contributed by atoms with Gasteiger partial charge in [-0.05, 0) is 43.6 Å². The van der Waals surface area contributed by atoms with Gasteiger partial charge in [0.2, 0.25) is 5.91 Å². The molecule has 1 N–H and O–H groups in total. The van der Waals surface area contributed by atoms with Crippen LogP contribution in [0.5, 0.6) is 0 Å². The smallest absolute Gasteiger partial charge is 0.220 e. The Labute approximate surface area is 148 Å². The van der Waals surface area contributed by atoms with E-state index in [1.807, 2.05) is 12.4 Å². The van der Waals surface area contributed by atoms with E-state index in [1.165, 1.54) is 25.7 Å². The van der Waals surface area contributed by atoms with Gasteiger partial charge in [-0.15, -0.1) is 0 Å². The second kappa shape index (κ2) is 9.37. The first kappa shape index (κ1) is 17.7. The number of hydrogen-bond acceptors (Lipinski definition) is 5. The van der Waals surface area contributed by atoms with Crippen LogP contribution in [-0.4, -0.2) is 40.9 Å². The van der Waals surface area contributed by atoms with Crippen molar-refractivity contribution in [2.75, 3.05) is 19.8 Å². The maximum Gasteiger partial charge on any atom is 0.220 e. The lowest BCUT2D eigenvalue weighted by atomic mass is 10.0. The third kappa shape index (κ3) is 5.74. The predicted molar refractivity (Wildman–Crippen MR) is 95.0 cm³/mol. The number of amides is 1. The van der Waals surface area contributed by atoms with Gasteiger partial charge in [0, 0.05) is 43.8 Å². The Balaban J connectivity index is 1.31. The van der Waals surface area contributed by atoms with Gasteiger partial charge in [0.25, 0.3) is 0 Å². The largest absolute Gasteiger partial charge is 0.381 e. The number of nitrogens with one attached hydrogen (secondary N) is 1. The quantitative estimate of drug-likeness (QED) is 0.731. The number of aromatic nitrogens is 2. The van der Waals surface area contributed by atoms with Crippen molar-refractivity contribution < 1.29 is 9.53 Å². The molecule has 2 aliphatic rings. The summed E-state index contributed by atoms with van der Waals surface area (Å²) in [6.45, 7) is 2.32. The van der Waals surface area contributed by atoms with E-state index in [2.05, 4.69) is 15.3 Å². The minimum Gasteiger partial charge on any atom is -0.381 e. The van der Waals surface area contributed by atoms with Crippen LogP contribution in [0.25, 0.3) is 0 Å². The molecule has 0 spiro atoms. The molecular weight excluding hydrogens is 322 g/mol. The molecule has 1 aliphatic carbocycles. The van der Waals surface area contributed by atoms with E-state index < -0.39 is 0 Å². The molecule has 6 heteroatoms. The van der Waals surface area contributed by atoms with Gasteiger partial charge in [0.05, 0.1) is 0 Å². The number of thioether (sulfide) groups is 1. The molecule has 5 nitrogen and oxygen atoms in total. The van der Waals surface area contributed by atoms with Crippen LogP contribution < -0.4 is 5.32 Å². The van der Waals surface area contributed by atoms with Crippen LogP contribution in [0.4, 0.5) is 0 Å². The minimum atomic E-state index is 0.135. The van der Waals surface area contributed by atoms with Crippen LogP contribution in [0, 0.1) is 5.92 Å². The average Bonchev–Trinajstić information content (AvgIpc) is 3.28. The Morgan fingerprint density at radius 2 is 2.04 bits per heavy atom. The fourth-order valence-electron chi connectivity index (χ4n) is 3.27. The molecule has 1 saturated carbocycles. The summed E-state index contributed by atoms with van der Waals surface area (Å²) in [5.41, 5.74) is 1.08. The standard InChI is InChI=1S/C18H27N3O2S/c22-17(6-5-14-8-10-23-13-14)19-9-7-15-11-20-18(21-12-15)24-16-3-1-2-4-16/h11-12,14,16H,1-10,13H2,(H,19,22). The third-order valence-corrected chi connectivity index (χ3v) is 6.02. The van der Waals surface area contributed by atoms with Crippen molar-refractivity contribution in [1.29, 1.82) is 0 Å². The van der Waals surface area contributed by atoms with E-state index in [9.17, 15) is 4.79 Å².